The minimum atomic E-state index is -0.562. The minimum absolute atomic E-state index is 0.0863. The fraction of sp³-hybridized carbons (Fsp3) is 0.304. The number of hydrogen-bond acceptors (Lipinski definition) is 4. The number of hydrogen-bond donors (Lipinski definition) is 0. The van der Waals surface area contributed by atoms with Crippen molar-refractivity contribution < 1.29 is 19.1 Å². The fourth-order valence-electron chi connectivity index (χ4n) is 3.10. The van der Waals surface area contributed by atoms with Crippen LogP contribution in [0.1, 0.15) is 43.7 Å². The Balaban J connectivity index is 1.94. The van der Waals surface area contributed by atoms with Gasteiger partial charge in [-0.25, -0.2) is 4.79 Å². The summed E-state index contributed by atoms with van der Waals surface area (Å²) in [5, 5.41) is 0.798. The average Bonchev–Trinajstić information content (AvgIpc) is 3.04. The van der Waals surface area contributed by atoms with Gasteiger partial charge in [-0.15, -0.1) is 0 Å². The topological polar surface area (TPSA) is 57.5 Å². The number of aryl methyl sites for hydroxylation is 1. The number of rotatable bonds is 5. The van der Waals surface area contributed by atoms with Crippen LogP contribution in [0.2, 0.25) is 0 Å². The SMILES string of the molecule is CCc1cc2c(OCC(=O)OC(C)(C)C)cccc2n1C(=O)c1ccccc1. The molecule has 0 unspecified atom stereocenters. The second-order valence-corrected chi connectivity index (χ2v) is 7.56. The Bertz CT molecular complexity index is 997. The molecule has 0 aliphatic rings. The molecule has 2 aromatic carbocycles. The van der Waals surface area contributed by atoms with Crippen LogP contribution in [0.15, 0.2) is 54.6 Å². The molecular formula is C23H25NO4. The second kappa shape index (κ2) is 7.89. The Morgan fingerprint density at radius 3 is 2.36 bits per heavy atom. The maximum absolute atomic E-state index is 13.1. The van der Waals surface area contributed by atoms with Crippen molar-refractivity contribution in [1.82, 2.24) is 4.57 Å². The molecule has 146 valence electrons. The first-order valence-electron chi connectivity index (χ1n) is 9.38. The Morgan fingerprint density at radius 1 is 1.00 bits per heavy atom. The van der Waals surface area contributed by atoms with E-state index in [1.807, 2.05) is 64.1 Å². The quantitative estimate of drug-likeness (QED) is 0.607. The van der Waals surface area contributed by atoms with Gasteiger partial charge >= 0.3 is 5.97 Å². The number of ether oxygens (including phenoxy) is 2. The highest BCUT2D eigenvalue weighted by Crippen LogP contribution is 2.30. The molecule has 0 saturated heterocycles. The second-order valence-electron chi connectivity index (χ2n) is 7.56. The molecule has 3 aromatic rings. The monoisotopic (exact) mass is 379 g/mol. The molecule has 1 aromatic heterocycles. The van der Waals surface area contributed by atoms with Gasteiger partial charge in [-0.2, -0.15) is 0 Å². The summed E-state index contributed by atoms with van der Waals surface area (Å²) in [6.45, 7) is 7.26. The molecule has 0 aliphatic carbocycles. The van der Waals surface area contributed by atoms with Crippen LogP contribution >= 0.6 is 0 Å². The van der Waals surface area contributed by atoms with Gasteiger partial charge in [0, 0.05) is 16.6 Å². The lowest BCUT2D eigenvalue weighted by molar-refractivity contribution is -0.157. The third kappa shape index (κ3) is 4.25. The largest absolute Gasteiger partial charge is 0.481 e. The zero-order valence-corrected chi connectivity index (χ0v) is 16.7. The maximum atomic E-state index is 13.1. The van der Waals surface area contributed by atoms with E-state index >= 15 is 0 Å². The molecule has 3 rings (SSSR count). The molecule has 28 heavy (non-hydrogen) atoms. The Kier molecular flexibility index (Phi) is 5.54. The van der Waals surface area contributed by atoms with Gasteiger partial charge in [0.2, 0.25) is 0 Å². The molecule has 5 heteroatoms. The first kappa shape index (κ1) is 19.7. The summed E-state index contributed by atoms with van der Waals surface area (Å²) in [4.78, 5) is 25.1. The van der Waals surface area contributed by atoms with E-state index in [1.165, 1.54) is 0 Å². The van der Waals surface area contributed by atoms with Gasteiger partial charge in [-0.1, -0.05) is 31.2 Å². The van der Waals surface area contributed by atoms with E-state index in [1.54, 1.807) is 22.8 Å². The molecule has 1 heterocycles. The summed E-state index contributed by atoms with van der Waals surface area (Å²) >= 11 is 0. The normalized spacial score (nSPS) is 11.4. The predicted octanol–water partition coefficient (Wildman–Crippen LogP) is 4.61. The summed E-state index contributed by atoms with van der Waals surface area (Å²) in [7, 11) is 0. The molecule has 0 saturated carbocycles. The molecular weight excluding hydrogens is 354 g/mol. The predicted molar refractivity (Wildman–Crippen MR) is 109 cm³/mol. The van der Waals surface area contributed by atoms with E-state index in [2.05, 4.69) is 0 Å². The standard InChI is InChI=1S/C23H25NO4/c1-5-17-14-18-19(24(17)22(26)16-10-7-6-8-11-16)12-9-13-20(18)27-15-21(25)28-23(2,3)4/h6-14H,5,15H2,1-4H3. The van der Waals surface area contributed by atoms with Crippen LogP contribution in [0.5, 0.6) is 5.75 Å². The van der Waals surface area contributed by atoms with Crippen molar-refractivity contribution >= 4 is 22.8 Å². The molecule has 0 atom stereocenters. The zero-order chi connectivity index (χ0) is 20.3. The number of carbonyl (C=O) groups is 2. The first-order chi connectivity index (χ1) is 13.3. The fourth-order valence-corrected chi connectivity index (χ4v) is 3.10. The van der Waals surface area contributed by atoms with Gasteiger partial charge in [0.25, 0.3) is 5.91 Å². The van der Waals surface area contributed by atoms with Crippen molar-refractivity contribution in [3.63, 3.8) is 0 Å². The van der Waals surface area contributed by atoms with Crippen molar-refractivity contribution in [1.29, 1.82) is 0 Å². The summed E-state index contributed by atoms with van der Waals surface area (Å²) in [6.07, 6.45) is 0.693. The van der Waals surface area contributed by atoms with Gasteiger partial charge in [0.1, 0.15) is 11.4 Å². The van der Waals surface area contributed by atoms with Crippen LogP contribution < -0.4 is 4.74 Å². The van der Waals surface area contributed by atoms with E-state index in [0.717, 1.165) is 16.6 Å². The molecule has 0 fully saturated rings. The smallest absolute Gasteiger partial charge is 0.344 e. The lowest BCUT2D eigenvalue weighted by atomic mass is 10.2. The van der Waals surface area contributed by atoms with E-state index in [0.29, 0.717) is 17.7 Å². The van der Waals surface area contributed by atoms with E-state index in [9.17, 15) is 9.59 Å². The highest BCUT2D eigenvalue weighted by atomic mass is 16.6. The molecule has 0 N–H and O–H groups in total. The summed E-state index contributed by atoms with van der Waals surface area (Å²) < 4.78 is 12.7. The van der Waals surface area contributed by atoms with Gasteiger partial charge in [0.05, 0.1) is 5.52 Å². The van der Waals surface area contributed by atoms with Gasteiger partial charge in [-0.05, 0) is 57.5 Å². The van der Waals surface area contributed by atoms with Crippen LogP contribution in [0.25, 0.3) is 10.9 Å². The molecule has 0 amide bonds. The van der Waals surface area contributed by atoms with Crippen LogP contribution in [-0.4, -0.2) is 28.7 Å². The Hall–Kier alpha value is -3.08. The van der Waals surface area contributed by atoms with Crippen LogP contribution in [0.4, 0.5) is 0 Å². The highest BCUT2D eigenvalue weighted by Gasteiger charge is 2.20. The molecule has 5 nitrogen and oxygen atoms in total. The number of carbonyl (C=O) groups excluding carboxylic acids is 2. The van der Waals surface area contributed by atoms with E-state index in [4.69, 9.17) is 9.47 Å². The van der Waals surface area contributed by atoms with Crippen molar-refractivity contribution in [3.05, 3.63) is 65.9 Å². The van der Waals surface area contributed by atoms with Crippen LogP contribution in [-0.2, 0) is 16.0 Å². The van der Waals surface area contributed by atoms with Crippen molar-refractivity contribution in [3.8, 4) is 5.75 Å². The molecule has 0 bridgehead atoms. The lowest BCUT2D eigenvalue weighted by Crippen LogP contribution is -2.27. The molecule has 0 radical (unpaired) electrons. The average molecular weight is 379 g/mol. The Morgan fingerprint density at radius 2 is 1.71 bits per heavy atom. The third-order valence-corrected chi connectivity index (χ3v) is 4.23. The number of nitrogens with zero attached hydrogens (tertiary/aromatic N) is 1. The lowest BCUT2D eigenvalue weighted by Gasteiger charge is -2.19. The maximum Gasteiger partial charge on any atom is 0.344 e. The number of esters is 1. The van der Waals surface area contributed by atoms with Crippen molar-refractivity contribution in [2.24, 2.45) is 0 Å². The molecule has 0 spiro atoms. The first-order valence-corrected chi connectivity index (χ1v) is 9.38. The van der Waals surface area contributed by atoms with E-state index < -0.39 is 11.6 Å². The van der Waals surface area contributed by atoms with Gasteiger partial charge in [-0.3, -0.25) is 9.36 Å². The Labute approximate surface area is 164 Å². The molecule has 0 aliphatic heterocycles. The summed E-state index contributed by atoms with van der Waals surface area (Å²) in [6, 6.07) is 16.6. The third-order valence-electron chi connectivity index (χ3n) is 4.23. The van der Waals surface area contributed by atoms with Gasteiger partial charge < -0.3 is 9.47 Å². The summed E-state index contributed by atoms with van der Waals surface area (Å²) in [5.41, 5.74) is 1.70. The highest BCUT2D eigenvalue weighted by molar-refractivity contribution is 6.04. The van der Waals surface area contributed by atoms with E-state index in [-0.39, 0.29) is 12.5 Å². The summed E-state index contributed by atoms with van der Waals surface area (Å²) in [5.74, 6) is 0.0365. The van der Waals surface area contributed by atoms with Crippen molar-refractivity contribution in [2.75, 3.05) is 6.61 Å². The number of fused-ring (bicyclic) bond motifs is 1. The van der Waals surface area contributed by atoms with Crippen molar-refractivity contribution in [2.45, 2.75) is 39.7 Å². The van der Waals surface area contributed by atoms with Crippen LogP contribution in [0.3, 0.4) is 0 Å². The van der Waals surface area contributed by atoms with Gasteiger partial charge in [0.15, 0.2) is 6.61 Å². The zero-order valence-electron chi connectivity index (χ0n) is 16.7. The minimum Gasteiger partial charge on any atom is -0.481 e. The number of aromatic nitrogens is 1. The van der Waals surface area contributed by atoms with Crippen LogP contribution in [0, 0.1) is 0 Å². The number of benzene rings is 2.